The molecule has 0 radical (unpaired) electrons. The summed E-state index contributed by atoms with van der Waals surface area (Å²) >= 11 is 6.18. The van der Waals surface area contributed by atoms with Crippen molar-refractivity contribution in [3.05, 3.63) is 94.3 Å². The summed E-state index contributed by atoms with van der Waals surface area (Å²) in [5.41, 5.74) is 5.87. The number of carbonyl (C=O) groups is 1. The second kappa shape index (κ2) is 13.4. The van der Waals surface area contributed by atoms with Gasteiger partial charge in [0.25, 0.3) is 0 Å². The lowest BCUT2D eigenvalue weighted by atomic mass is 9.85. The first-order valence-corrected chi connectivity index (χ1v) is 14.9. The number of allylic oxidation sites excluding steroid dienone is 7. The van der Waals surface area contributed by atoms with E-state index in [1.807, 2.05) is 6.21 Å². The summed E-state index contributed by atoms with van der Waals surface area (Å²) in [6.07, 6.45) is 21.4. The Hall–Kier alpha value is -3.24. The Labute approximate surface area is 242 Å². The summed E-state index contributed by atoms with van der Waals surface area (Å²) in [5, 5.41) is 0.120. The third kappa shape index (κ3) is 7.09. The molecule has 5 rings (SSSR count). The van der Waals surface area contributed by atoms with Crippen molar-refractivity contribution in [1.82, 2.24) is 0 Å². The first-order valence-electron chi connectivity index (χ1n) is 14.6. The number of carbonyl (C=O) groups excluding carboxylic acids is 1. The molecule has 2 atom stereocenters. The van der Waals surface area contributed by atoms with Gasteiger partial charge in [-0.2, -0.15) is 0 Å². The van der Waals surface area contributed by atoms with Crippen molar-refractivity contribution in [2.75, 3.05) is 6.61 Å². The van der Waals surface area contributed by atoms with Crippen LogP contribution in [0.25, 0.3) is 16.9 Å². The maximum atomic E-state index is 14.0. The molecule has 1 fully saturated rings. The largest absolute Gasteiger partial charge is 0.493 e. The molecule has 3 nitrogen and oxygen atoms in total. The molecule has 0 bridgehead atoms. The van der Waals surface area contributed by atoms with Crippen molar-refractivity contribution in [3.63, 3.8) is 0 Å². The number of hydrogen-bond acceptors (Lipinski definition) is 3. The van der Waals surface area contributed by atoms with Gasteiger partial charge in [0.05, 0.1) is 17.3 Å². The predicted molar refractivity (Wildman–Crippen MR) is 164 cm³/mol. The third-order valence-corrected chi connectivity index (χ3v) is 8.18. The fourth-order valence-electron chi connectivity index (χ4n) is 5.76. The third-order valence-electron chi connectivity index (χ3n) is 7.89. The van der Waals surface area contributed by atoms with Crippen LogP contribution >= 0.6 is 11.6 Å². The molecule has 1 heterocycles. The first kappa shape index (κ1) is 28.3. The minimum Gasteiger partial charge on any atom is -0.493 e. The summed E-state index contributed by atoms with van der Waals surface area (Å²) in [6.45, 7) is 2.74. The highest BCUT2D eigenvalue weighted by molar-refractivity contribution is 6.31. The van der Waals surface area contributed by atoms with Gasteiger partial charge in [-0.15, -0.1) is 0 Å². The highest BCUT2D eigenvalue weighted by atomic mass is 35.5. The lowest BCUT2D eigenvalue weighted by Gasteiger charge is -2.20. The van der Waals surface area contributed by atoms with E-state index in [2.05, 4.69) is 55.5 Å². The van der Waals surface area contributed by atoms with E-state index >= 15 is 0 Å². The zero-order valence-electron chi connectivity index (χ0n) is 23.2. The molecule has 5 heteroatoms. The van der Waals surface area contributed by atoms with Crippen LogP contribution in [0, 0.1) is 17.7 Å². The second-order valence-corrected chi connectivity index (χ2v) is 11.5. The van der Waals surface area contributed by atoms with Gasteiger partial charge in [-0.1, -0.05) is 55.0 Å². The van der Waals surface area contributed by atoms with Crippen molar-refractivity contribution in [3.8, 4) is 0 Å². The highest BCUT2D eigenvalue weighted by Crippen LogP contribution is 2.39. The number of ether oxygens (including phenoxy) is 1. The van der Waals surface area contributed by atoms with Gasteiger partial charge in [-0.05, 0) is 103 Å². The first-order chi connectivity index (χ1) is 19.5. The molecule has 2 unspecified atom stereocenters. The molecule has 0 amide bonds. The molecule has 2 aromatic rings. The van der Waals surface area contributed by atoms with E-state index in [9.17, 15) is 9.18 Å². The number of fused-ring (bicyclic) bond motifs is 1. The van der Waals surface area contributed by atoms with Crippen molar-refractivity contribution in [1.29, 1.82) is 0 Å². The van der Waals surface area contributed by atoms with Crippen molar-refractivity contribution < 1.29 is 13.9 Å². The fraction of sp³-hybridized carbons (Fsp3) is 0.371. The number of rotatable bonds is 8. The van der Waals surface area contributed by atoms with E-state index in [1.165, 1.54) is 12.5 Å². The van der Waals surface area contributed by atoms with Gasteiger partial charge in [-0.3, -0.25) is 9.79 Å². The average molecular weight is 558 g/mol. The minimum absolute atomic E-state index is 0.120. The number of unbranched alkanes of at least 4 members (excludes halogenated alkanes) is 1. The monoisotopic (exact) mass is 557 g/mol. The highest BCUT2D eigenvalue weighted by Gasteiger charge is 2.20. The molecule has 0 N–H and O–H groups in total. The lowest BCUT2D eigenvalue weighted by Crippen LogP contribution is -2.14. The Morgan fingerprint density at radius 1 is 1.07 bits per heavy atom. The molecular formula is C35H37ClFNO2. The van der Waals surface area contributed by atoms with Gasteiger partial charge in [0.1, 0.15) is 17.4 Å². The van der Waals surface area contributed by atoms with Gasteiger partial charge in [0.2, 0.25) is 0 Å². The van der Waals surface area contributed by atoms with Crippen LogP contribution in [0.3, 0.4) is 0 Å². The number of ketones is 1. The van der Waals surface area contributed by atoms with Crippen LogP contribution < -0.4 is 0 Å². The fourth-order valence-corrected chi connectivity index (χ4v) is 5.94. The van der Waals surface area contributed by atoms with Gasteiger partial charge >= 0.3 is 0 Å². The summed E-state index contributed by atoms with van der Waals surface area (Å²) in [5.74, 6) is 1.55. The van der Waals surface area contributed by atoms with E-state index < -0.39 is 5.82 Å². The predicted octanol–water partition coefficient (Wildman–Crippen LogP) is 9.94. The molecule has 3 aliphatic rings. The summed E-state index contributed by atoms with van der Waals surface area (Å²) in [6, 6.07) is 11.2. The standard InChI is InChI=1S/C35H37ClFNO2/c1-24-19-35(40-18-7-6-9-25-10-8-11-28(39)20-25)31-21-26(15-17-34(31)38-23-24)29-12-4-2-3-5-13-30(29)27-14-16-33(37)32(36)22-27/h2,4,12-17,19,21-25H,3,5-11,18,20H2,1H3. The van der Waals surface area contributed by atoms with E-state index in [1.54, 1.807) is 12.1 Å². The van der Waals surface area contributed by atoms with Crippen LogP contribution in [0.5, 0.6) is 0 Å². The van der Waals surface area contributed by atoms with Crippen LogP contribution in [-0.4, -0.2) is 18.6 Å². The van der Waals surface area contributed by atoms with Crippen LogP contribution in [0.2, 0.25) is 5.02 Å². The zero-order chi connectivity index (χ0) is 27.9. The van der Waals surface area contributed by atoms with E-state index in [0.29, 0.717) is 18.3 Å². The molecule has 0 spiro atoms. The molecule has 208 valence electrons. The number of benzene rings is 2. The van der Waals surface area contributed by atoms with Gasteiger partial charge in [-0.25, -0.2) is 4.39 Å². The zero-order valence-corrected chi connectivity index (χ0v) is 23.9. The quantitative estimate of drug-likeness (QED) is 0.303. The Bertz CT molecular complexity index is 1400. The number of halogens is 2. The molecular weight excluding hydrogens is 521 g/mol. The molecule has 0 saturated heterocycles. The molecule has 2 aliphatic carbocycles. The molecule has 40 heavy (non-hydrogen) atoms. The Morgan fingerprint density at radius 3 is 2.77 bits per heavy atom. The van der Waals surface area contributed by atoms with Gasteiger partial charge < -0.3 is 4.74 Å². The van der Waals surface area contributed by atoms with Crippen molar-refractivity contribution in [2.45, 2.75) is 64.7 Å². The van der Waals surface area contributed by atoms with Crippen LogP contribution in [0.1, 0.15) is 81.4 Å². The van der Waals surface area contributed by atoms with Gasteiger partial charge in [0.15, 0.2) is 0 Å². The summed E-state index contributed by atoms with van der Waals surface area (Å²) in [7, 11) is 0. The van der Waals surface area contributed by atoms with E-state index in [4.69, 9.17) is 21.3 Å². The van der Waals surface area contributed by atoms with Crippen LogP contribution in [-0.2, 0) is 9.53 Å². The second-order valence-electron chi connectivity index (χ2n) is 11.1. The SMILES string of the molecule is CC1C=Nc2ccc(C3=CC=CCCC=C3c3ccc(F)c(Cl)c3)cc2C(OCCCCC2CCCC(=O)C2)=C1. The minimum atomic E-state index is -0.418. The maximum Gasteiger partial charge on any atom is 0.141 e. The lowest BCUT2D eigenvalue weighted by molar-refractivity contribution is -0.121. The normalized spacial score (nSPS) is 21.0. The number of nitrogens with zero attached hydrogens (tertiary/aromatic N) is 1. The maximum absolute atomic E-state index is 14.0. The topological polar surface area (TPSA) is 38.7 Å². The molecule has 1 saturated carbocycles. The van der Waals surface area contributed by atoms with Crippen LogP contribution in [0.15, 0.2) is 71.8 Å². The van der Waals surface area contributed by atoms with Crippen LogP contribution in [0.4, 0.5) is 10.1 Å². The van der Waals surface area contributed by atoms with Crippen molar-refractivity contribution in [2.24, 2.45) is 16.8 Å². The number of hydrogen-bond donors (Lipinski definition) is 0. The molecule has 2 aromatic carbocycles. The average Bonchev–Trinajstić information content (AvgIpc) is 3.08. The Kier molecular flexibility index (Phi) is 9.49. The summed E-state index contributed by atoms with van der Waals surface area (Å²) in [4.78, 5) is 16.5. The number of aliphatic imine (C=N–C) groups is 1. The molecule has 0 aromatic heterocycles. The summed E-state index contributed by atoms with van der Waals surface area (Å²) < 4.78 is 20.4. The Morgan fingerprint density at radius 2 is 1.93 bits per heavy atom. The van der Waals surface area contributed by atoms with Gasteiger partial charge in [0, 0.05) is 30.5 Å². The van der Waals surface area contributed by atoms with E-state index in [-0.39, 0.29) is 10.9 Å². The van der Waals surface area contributed by atoms with E-state index in [0.717, 1.165) is 90.6 Å². The van der Waals surface area contributed by atoms with Crippen molar-refractivity contribution >= 4 is 46.2 Å². The smallest absolute Gasteiger partial charge is 0.141 e. The Balaban J connectivity index is 1.37. The number of Topliss-reactive ketones (excluding diaryl/α,β-unsaturated/α-hetero) is 1. The molecule has 1 aliphatic heterocycles.